The van der Waals surface area contributed by atoms with Crippen molar-refractivity contribution in [2.24, 2.45) is 0 Å². The highest BCUT2D eigenvalue weighted by Gasteiger charge is 2.03. The Kier molecular flexibility index (Phi) is 2.53. The van der Waals surface area contributed by atoms with Gasteiger partial charge in [0, 0.05) is 28.2 Å². The Morgan fingerprint density at radius 3 is 3.11 bits per heavy atom. The van der Waals surface area contributed by atoms with Gasteiger partial charge in [0.15, 0.2) is 4.96 Å². The normalized spacial score (nSPS) is 11.4. The molecule has 0 bridgehead atoms. The summed E-state index contributed by atoms with van der Waals surface area (Å²) in [7, 11) is 0. The highest BCUT2D eigenvalue weighted by molar-refractivity contribution is 7.17. The first-order valence-corrected chi connectivity index (χ1v) is 7.77. The predicted molar refractivity (Wildman–Crippen MR) is 82.2 cm³/mol. The third-order valence-corrected chi connectivity index (χ3v) is 4.74. The number of hydrogen-bond acceptors (Lipinski definition) is 4. The second-order valence-corrected chi connectivity index (χ2v) is 6.17. The Labute approximate surface area is 118 Å². The number of thiazole rings is 1. The first-order chi connectivity index (χ1) is 9.38. The van der Waals surface area contributed by atoms with Crippen LogP contribution in [0.3, 0.4) is 0 Å². The van der Waals surface area contributed by atoms with Crippen LogP contribution in [0.1, 0.15) is 5.69 Å². The molecule has 1 N–H and O–H groups in total. The highest BCUT2D eigenvalue weighted by Crippen LogP contribution is 2.24. The minimum absolute atomic E-state index is 0.754. The van der Waals surface area contributed by atoms with E-state index in [-0.39, 0.29) is 0 Å². The van der Waals surface area contributed by atoms with Gasteiger partial charge in [-0.1, -0.05) is 0 Å². The van der Waals surface area contributed by atoms with Gasteiger partial charge in [0.25, 0.3) is 0 Å². The average molecular weight is 285 g/mol. The van der Waals surface area contributed by atoms with Crippen LogP contribution in [0.15, 0.2) is 47.4 Å². The molecule has 0 aliphatic rings. The topological polar surface area (TPSA) is 29.3 Å². The van der Waals surface area contributed by atoms with E-state index in [4.69, 9.17) is 0 Å². The van der Waals surface area contributed by atoms with E-state index in [0.717, 1.165) is 22.9 Å². The van der Waals surface area contributed by atoms with E-state index in [1.807, 2.05) is 11.6 Å². The van der Waals surface area contributed by atoms with Crippen molar-refractivity contribution in [1.29, 1.82) is 0 Å². The van der Waals surface area contributed by atoms with Crippen molar-refractivity contribution in [3.63, 3.8) is 0 Å². The Morgan fingerprint density at radius 1 is 1.16 bits per heavy atom. The van der Waals surface area contributed by atoms with Gasteiger partial charge in [-0.15, -0.1) is 22.7 Å². The number of nitrogens with zero attached hydrogens (tertiary/aromatic N) is 2. The van der Waals surface area contributed by atoms with E-state index in [1.165, 1.54) is 10.1 Å². The van der Waals surface area contributed by atoms with Crippen LogP contribution in [-0.2, 0) is 6.54 Å². The van der Waals surface area contributed by atoms with Crippen LogP contribution in [0.25, 0.3) is 15.0 Å². The van der Waals surface area contributed by atoms with E-state index in [1.54, 1.807) is 22.7 Å². The molecule has 0 aliphatic heterocycles. The molecular weight excluding hydrogens is 274 g/mol. The average Bonchev–Trinajstić information content (AvgIpc) is 3.10. The number of imidazole rings is 1. The molecule has 4 rings (SSSR count). The van der Waals surface area contributed by atoms with Crippen LogP contribution in [0.2, 0.25) is 0 Å². The van der Waals surface area contributed by atoms with Crippen LogP contribution in [0.5, 0.6) is 0 Å². The number of aromatic nitrogens is 2. The van der Waals surface area contributed by atoms with Crippen molar-refractivity contribution in [2.45, 2.75) is 6.54 Å². The molecule has 3 aromatic heterocycles. The Hall–Kier alpha value is -1.85. The smallest absolute Gasteiger partial charge is 0.193 e. The van der Waals surface area contributed by atoms with Gasteiger partial charge in [-0.25, -0.2) is 4.98 Å². The number of rotatable bonds is 3. The first kappa shape index (κ1) is 11.0. The number of nitrogens with one attached hydrogen (secondary N) is 1. The fourth-order valence-corrected chi connectivity index (χ4v) is 3.62. The van der Waals surface area contributed by atoms with Crippen LogP contribution in [-0.4, -0.2) is 9.38 Å². The van der Waals surface area contributed by atoms with Crippen LogP contribution < -0.4 is 5.32 Å². The van der Waals surface area contributed by atoms with Crippen molar-refractivity contribution in [2.75, 3.05) is 5.32 Å². The molecule has 3 heterocycles. The third kappa shape index (κ3) is 2.01. The number of benzene rings is 1. The Bertz CT molecular complexity index is 812. The summed E-state index contributed by atoms with van der Waals surface area (Å²) in [6.45, 7) is 0.754. The predicted octanol–water partition coefficient (Wildman–Crippen LogP) is 4.22. The lowest BCUT2D eigenvalue weighted by atomic mass is 10.2. The Balaban J connectivity index is 1.55. The van der Waals surface area contributed by atoms with Gasteiger partial charge in [-0.3, -0.25) is 4.40 Å². The summed E-state index contributed by atoms with van der Waals surface area (Å²) < 4.78 is 3.39. The van der Waals surface area contributed by atoms with E-state index in [9.17, 15) is 0 Å². The largest absolute Gasteiger partial charge is 0.379 e. The van der Waals surface area contributed by atoms with Crippen molar-refractivity contribution in [3.05, 3.63) is 53.1 Å². The van der Waals surface area contributed by atoms with Gasteiger partial charge in [0.05, 0.1) is 12.2 Å². The zero-order chi connectivity index (χ0) is 12.7. The van der Waals surface area contributed by atoms with Crippen molar-refractivity contribution in [1.82, 2.24) is 9.38 Å². The molecule has 0 saturated carbocycles. The van der Waals surface area contributed by atoms with E-state index < -0.39 is 0 Å². The molecular formula is C14H11N3S2. The standard InChI is InChI=1S/C14H11N3S2/c1-2-13-10(3-5-18-13)7-11(1)15-8-12-9-17-4-6-19-14(17)16-12/h1-7,9,15H,8H2. The van der Waals surface area contributed by atoms with Crippen LogP contribution >= 0.6 is 22.7 Å². The summed E-state index contributed by atoms with van der Waals surface area (Å²) in [4.78, 5) is 5.61. The van der Waals surface area contributed by atoms with Gasteiger partial charge in [-0.05, 0) is 35.0 Å². The monoisotopic (exact) mass is 285 g/mol. The summed E-state index contributed by atoms with van der Waals surface area (Å²) >= 11 is 3.43. The highest BCUT2D eigenvalue weighted by atomic mass is 32.1. The summed E-state index contributed by atoms with van der Waals surface area (Å²) in [5.74, 6) is 0. The number of thiophene rings is 1. The minimum atomic E-state index is 0.754. The second-order valence-electron chi connectivity index (χ2n) is 4.35. The summed E-state index contributed by atoms with van der Waals surface area (Å²) in [5.41, 5.74) is 2.21. The van der Waals surface area contributed by atoms with Crippen molar-refractivity contribution >= 4 is 43.4 Å². The summed E-state index contributed by atoms with van der Waals surface area (Å²) in [5, 5.41) is 8.89. The summed E-state index contributed by atoms with van der Waals surface area (Å²) in [6.07, 6.45) is 4.11. The zero-order valence-electron chi connectivity index (χ0n) is 10.0. The molecule has 5 heteroatoms. The molecule has 4 aromatic rings. The Morgan fingerprint density at radius 2 is 2.16 bits per heavy atom. The maximum atomic E-state index is 4.56. The fraction of sp³-hybridized carbons (Fsp3) is 0.0714. The van der Waals surface area contributed by atoms with Crippen molar-refractivity contribution in [3.8, 4) is 0 Å². The van der Waals surface area contributed by atoms with E-state index >= 15 is 0 Å². The molecule has 0 radical (unpaired) electrons. The first-order valence-electron chi connectivity index (χ1n) is 6.01. The number of hydrogen-bond donors (Lipinski definition) is 1. The molecule has 3 nitrogen and oxygen atoms in total. The quantitative estimate of drug-likeness (QED) is 0.610. The second kappa shape index (κ2) is 4.36. The fourth-order valence-electron chi connectivity index (χ4n) is 2.13. The van der Waals surface area contributed by atoms with Gasteiger partial charge in [-0.2, -0.15) is 0 Å². The van der Waals surface area contributed by atoms with E-state index in [2.05, 4.69) is 50.5 Å². The molecule has 94 valence electrons. The van der Waals surface area contributed by atoms with Crippen LogP contribution in [0.4, 0.5) is 5.69 Å². The molecule has 0 aliphatic carbocycles. The zero-order valence-corrected chi connectivity index (χ0v) is 11.7. The van der Waals surface area contributed by atoms with Crippen molar-refractivity contribution < 1.29 is 0 Å². The van der Waals surface area contributed by atoms with Gasteiger partial charge < -0.3 is 5.32 Å². The lowest BCUT2D eigenvalue weighted by Gasteiger charge is -2.04. The van der Waals surface area contributed by atoms with Gasteiger partial charge in [0.2, 0.25) is 0 Å². The summed E-state index contributed by atoms with van der Waals surface area (Å²) in [6, 6.07) is 8.62. The maximum absolute atomic E-state index is 4.56. The SMILES string of the molecule is c1cc2cc(NCc3cn4ccsc4n3)ccc2s1. The minimum Gasteiger partial charge on any atom is -0.379 e. The van der Waals surface area contributed by atoms with Gasteiger partial charge in [0.1, 0.15) is 0 Å². The van der Waals surface area contributed by atoms with Crippen LogP contribution in [0, 0.1) is 0 Å². The molecule has 0 saturated heterocycles. The van der Waals surface area contributed by atoms with Gasteiger partial charge >= 0.3 is 0 Å². The molecule has 0 unspecified atom stereocenters. The molecule has 0 fully saturated rings. The maximum Gasteiger partial charge on any atom is 0.193 e. The number of fused-ring (bicyclic) bond motifs is 2. The lowest BCUT2D eigenvalue weighted by Crippen LogP contribution is -1.99. The lowest BCUT2D eigenvalue weighted by molar-refractivity contribution is 1.08. The van der Waals surface area contributed by atoms with E-state index in [0.29, 0.717) is 0 Å². The molecule has 19 heavy (non-hydrogen) atoms. The number of anilines is 1. The molecule has 1 aromatic carbocycles. The molecule has 0 amide bonds. The third-order valence-electron chi connectivity index (χ3n) is 3.07. The molecule has 0 atom stereocenters. The molecule has 0 spiro atoms.